The first-order valence-corrected chi connectivity index (χ1v) is 6.42. The molecule has 7 nitrogen and oxygen atoms in total. The molecular weight excluding hydrogens is 321 g/mol. The molecule has 1 aromatic rings. The van der Waals surface area contributed by atoms with Crippen LogP contribution >= 0.6 is 0 Å². The van der Waals surface area contributed by atoms with Crippen LogP contribution in [0.1, 0.15) is 31.1 Å². The van der Waals surface area contributed by atoms with Crippen LogP contribution in [-0.2, 0) is 9.57 Å². The Kier molecular flexibility index (Phi) is 6.05. The Morgan fingerprint density at radius 3 is 2.35 bits per heavy atom. The summed E-state index contributed by atoms with van der Waals surface area (Å²) < 4.78 is 45.2. The molecule has 0 bridgehead atoms. The van der Waals surface area contributed by atoms with E-state index in [1.807, 2.05) is 0 Å². The highest BCUT2D eigenvalue weighted by Gasteiger charge is 2.28. The van der Waals surface area contributed by atoms with E-state index in [2.05, 4.69) is 0 Å². The van der Waals surface area contributed by atoms with Gasteiger partial charge >= 0.3 is 5.69 Å². The normalized spacial score (nSPS) is 11.4. The number of ether oxygens (including phenoxy) is 1. The predicted molar refractivity (Wildman–Crippen MR) is 72.1 cm³/mol. The van der Waals surface area contributed by atoms with Crippen molar-refractivity contribution in [2.45, 2.75) is 26.4 Å². The van der Waals surface area contributed by atoms with Crippen LogP contribution in [0.25, 0.3) is 0 Å². The molecule has 0 aliphatic heterocycles. The Hall–Kier alpha value is -2.20. The average molecular weight is 336 g/mol. The molecule has 0 spiro atoms. The van der Waals surface area contributed by atoms with E-state index in [1.54, 1.807) is 26.3 Å². The highest BCUT2D eigenvalue weighted by atomic mass is 19.2. The molecule has 0 aromatic heterocycles. The van der Waals surface area contributed by atoms with Gasteiger partial charge in [0.25, 0.3) is 5.91 Å². The Morgan fingerprint density at radius 1 is 1.22 bits per heavy atom. The van der Waals surface area contributed by atoms with Crippen molar-refractivity contribution in [3.63, 3.8) is 0 Å². The van der Waals surface area contributed by atoms with E-state index in [4.69, 9.17) is 9.57 Å². The number of halogens is 3. The van der Waals surface area contributed by atoms with Crippen molar-refractivity contribution in [3.05, 3.63) is 39.2 Å². The van der Waals surface area contributed by atoms with Gasteiger partial charge in [0.1, 0.15) is 0 Å². The number of amides is 1. The molecule has 0 aliphatic rings. The van der Waals surface area contributed by atoms with Crippen LogP contribution in [0.4, 0.5) is 18.9 Å². The molecular formula is C13H15F3N2O5. The third-order valence-corrected chi connectivity index (χ3v) is 2.45. The molecule has 1 rings (SSSR count). The fraction of sp³-hybridized carbons (Fsp3) is 0.462. The minimum atomic E-state index is -2.11. The molecule has 23 heavy (non-hydrogen) atoms. The first-order valence-electron chi connectivity index (χ1n) is 6.42. The quantitative estimate of drug-likeness (QED) is 0.373. The van der Waals surface area contributed by atoms with Crippen molar-refractivity contribution in [1.82, 2.24) is 5.48 Å². The van der Waals surface area contributed by atoms with Crippen molar-refractivity contribution in [1.29, 1.82) is 0 Å². The summed E-state index contributed by atoms with van der Waals surface area (Å²) in [4.78, 5) is 25.6. The highest BCUT2D eigenvalue weighted by molar-refractivity contribution is 5.94. The van der Waals surface area contributed by atoms with E-state index in [0.29, 0.717) is 0 Å². The predicted octanol–water partition coefficient (Wildman–Crippen LogP) is 2.49. The van der Waals surface area contributed by atoms with Crippen LogP contribution < -0.4 is 5.48 Å². The Morgan fingerprint density at radius 2 is 1.83 bits per heavy atom. The fourth-order valence-electron chi connectivity index (χ4n) is 1.45. The summed E-state index contributed by atoms with van der Waals surface area (Å²) >= 11 is 0. The molecule has 1 N–H and O–H groups in total. The van der Waals surface area contributed by atoms with Gasteiger partial charge in [0.15, 0.2) is 5.82 Å². The number of hydroxylamine groups is 1. The van der Waals surface area contributed by atoms with Gasteiger partial charge in [-0.3, -0.25) is 19.7 Å². The number of carbonyl (C=O) groups is 1. The number of hydrogen-bond donors (Lipinski definition) is 1. The summed E-state index contributed by atoms with van der Waals surface area (Å²) in [7, 11) is 0. The summed E-state index contributed by atoms with van der Waals surface area (Å²) in [6.07, 6.45) is 0. The fourth-order valence-corrected chi connectivity index (χ4v) is 1.45. The van der Waals surface area contributed by atoms with E-state index in [9.17, 15) is 28.1 Å². The van der Waals surface area contributed by atoms with Crippen molar-refractivity contribution >= 4 is 11.6 Å². The number of nitro benzene ring substituents is 1. The molecule has 0 saturated heterocycles. The Bertz CT molecular complexity index is 617. The van der Waals surface area contributed by atoms with E-state index in [-0.39, 0.29) is 19.3 Å². The summed E-state index contributed by atoms with van der Waals surface area (Å²) in [5.41, 5.74) is -1.07. The summed E-state index contributed by atoms with van der Waals surface area (Å²) in [5, 5.41) is 10.6. The number of nitro groups is 1. The third kappa shape index (κ3) is 5.18. The number of nitrogens with one attached hydrogen (secondary N) is 1. The molecule has 0 heterocycles. The monoisotopic (exact) mass is 336 g/mol. The van der Waals surface area contributed by atoms with Gasteiger partial charge in [0.2, 0.25) is 11.6 Å². The molecule has 0 aliphatic carbocycles. The molecule has 0 radical (unpaired) electrons. The topological polar surface area (TPSA) is 90.7 Å². The van der Waals surface area contributed by atoms with Crippen molar-refractivity contribution < 1.29 is 32.5 Å². The molecule has 10 heteroatoms. The minimum absolute atomic E-state index is 0.101. The number of nitrogens with zero attached hydrogens (tertiary/aromatic N) is 1. The van der Waals surface area contributed by atoms with Crippen molar-refractivity contribution in [2.75, 3.05) is 13.2 Å². The summed E-state index contributed by atoms with van der Waals surface area (Å²) in [5.74, 6) is -7.23. The average Bonchev–Trinajstić information content (AvgIpc) is 2.42. The van der Waals surface area contributed by atoms with Gasteiger partial charge in [0.05, 0.1) is 29.3 Å². The summed E-state index contributed by atoms with van der Waals surface area (Å²) in [6, 6.07) is 0.290. The van der Waals surface area contributed by atoms with Gasteiger partial charge in [-0.05, 0) is 20.8 Å². The number of rotatable bonds is 6. The zero-order valence-electron chi connectivity index (χ0n) is 12.6. The maximum absolute atomic E-state index is 13.5. The second kappa shape index (κ2) is 7.38. The number of hydrogen-bond acceptors (Lipinski definition) is 5. The Balaban J connectivity index is 2.75. The van der Waals surface area contributed by atoms with Crippen LogP contribution in [0.5, 0.6) is 0 Å². The third-order valence-electron chi connectivity index (χ3n) is 2.45. The summed E-state index contributed by atoms with van der Waals surface area (Å²) in [6.45, 7) is 5.38. The molecule has 1 amide bonds. The maximum Gasteiger partial charge on any atom is 0.308 e. The lowest BCUT2D eigenvalue weighted by molar-refractivity contribution is -0.387. The van der Waals surface area contributed by atoms with Crippen molar-refractivity contribution in [3.8, 4) is 0 Å². The SMILES string of the molecule is CC(C)(C)OCCONC(=O)c1cc([N+](=O)[O-])c(F)c(F)c1F. The van der Waals surface area contributed by atoms with E-state index < -0.39 is 45.1 Å². The van der Waals surface area contributed by atoms with Gasteiger partial charge in [-0.15, -0.1) is 0 Å². The molecule has 0 saturated carbocycles. The maximum atomic E-state index is 13.5. The van der Waals surface area contributed by atoms with Crippen LogP contribution in [0.15, 0.2) is 6.07 Å². The largest absolute Gasteiger partial charge is 0.373 e. The van der Waals surface area contributed by atoms with Gasteiger partial charge in [-0.1, -0.05) is 0 Å². The molecule has 128 valence electrons. The number of carbonyl (C=O) groups excluding carboxylic acids is 1. The minimum Gasteiger partial charge on any atom is -0.373 e. The van der Waals surface area contributed by atoms with Gasteiger partial charge in [0, 0.05) is 6.07 Å². The second-order valence-corrected chi connectivity index (χ2v) is 5.38. The lowest BCUT2D eigenvalue weighted by Crippen LogP contribution is -2.29. The number of benzene rings is 1. The van der Waals surface area contributed by atoms with E-state index in [0.717, 1.165) is 0 Å². The first kappa shape index (κ1) is 18.8. The molecule has 0 unspecified atom stereocenters. The van der Waals surface area contributed by atoms with Gasteiger partial charge < -0.3 is 4.74 Å². The zero-order chi connectivity index (χ0) is 17.8. The van der Waals surface area contributed by atoms with Crippen LogP contribution in [-0.4, -0.2) is 29.6 Å². The zero-order valence-corrected chi connectivity index (χ0v) is 12.6. The highest BCUT2D eigenvalue weighted by Crippen LogP contribution is 2.25. The smallest absolute Gasteiger partial charge is 0.308 e. The molecule has 1 aromatic carbocycles. The van der Waals surface area contributed by atoms with E-state index >= 15 is 0 Å². The lowest BCUT2D eigenvalue weighted by Gasteiger charge is -2.19. The molecule has 0 atom stereocenters. The Labute approximate surface area is 129 Å². The standard InChI is InChI=1S/C13H15F3N2O5/c1-13(2,3)22-4-5-23-17-12(19)7-6-8(18(20)21)10(15)11(16)9(7)14/h6H,4-5H2,1-3H3,(H,17,19). The van der Waals surface area contributed by atoms with Crippen LogP contribution in [0, 0.1) is 27.6 Å². The molecule has 0 fully saturated rings. The first-order chi connectivity index (χ1) is 10.5. The van der Waals surface area contributed by atoms with Crippen molar-refractivity contribution in [2.24, 2.45) is 0 Å². The lowest BCUT2D eigenvalue weighted by atomic mass is 10.1. The van der Waals surface area contributed by atoms with Crippen LogP contribution in [0.2, 0.25) is 0 Å². The van der Waals surface area contributed by atoms with Gasteiger partial charge in [-0.25, -0.2) is 14.3 Å². The second-order valence-electron chi connectivity index (χ2n) is 5.38. The van der Waals surface area contributed by atoms with E-state index in [1.165, 1.54) is 0 Å². The van der Waals surface area contributed by atoms with Gasteiger partial charge in [-0.2, -0.15) is 4.39 Å². The van der Waals surface area contributed by atoms with Crippen LogP contribution in [0.3, 0.4) is 0 Å².